The minimum atomic E-state index is -1.07. The largest absolute Gasteiger partial charge is 0.480 e. The molecule has 0 atom stereocenters. The van der Waals surface area contributed by atoms with Gasteiger partial charge in [-0.05, 0) is 6.92 Å². The second kappa shape index (κ2) is 11.6. The molecule has 0 aromatic rings. The van der Waals surface area contributed by atoms with Gasteiger partial charge < -0.3 is 15.2 Å². The molecule has 31 heavy (non-hydrogen) atoms. The summed E-state index contributed by atoms with van der Waals surface area (Å²) in [6.07, 6.45) is 0.789. The van der Waals surface area contributed by atoms with Crippen molar-refractivity contribution in [3.05, 3.63) is 11.4 Å². The van der Waals surface area contributed by atoms with Crippen LogP contribution in [0.3, 0.4) is 0 Å². The molecule has 12 heteroatoms. The Morgan fingerprint density at radius 2 is 1.55 bits per heavy atom. The Morgan fingerprint density at radius 3 is 2.03 bits per heavy atom. The highest BCUT2D eigenvalue weighted by Gasteiger charge is 2.36. The Bertz CT molecular complexity index is 734. The number of imide groups is 1. The summed E-state index contributed by atoms with van der Waals surface area (Å²) in [5, 5.41) is 11.7. The van der Waals surface area contributed by atoms with Gasteiger partial charge in [0, 0.05) is 52.4 Å². The second-order valence-corrected chi connectivity index (χ2v) is 7.46. The first-order valence-corrected chi connectivity index (χ1v) is 10.0. The molecule has 0 aromatic carbocycles. The van der Waals surface area contributed by atoms with E-state index < -0.39 is 23.6 Å². The number of carboxylic acid groups (broad SMARTS) is 1. The summed E-state index contributed by atoms with van der Waals surface area (Å²) in [5.74, 6) is -4.05. The van der Waals surface area contributed by atoms with E-state index in [0.717, 1.165) is 11.2 Å². The Hall–Kier alpha value is -2.70. The van der Waals surface area contributed by atoms with E-state index in [-0.39, 0.29) is 44.2 Å². The number of carbonyl (C=O) groups is 5. The summed E-state index contributed by atoms with van der Waals surface area (Å²) in [4.78, 5) is 64.0. The predicted molar refractivity (Wildman–Crippen MR) is 107 cm³/mol. The maximum Gasteiger partial charge on any atom is 0.317 e. The van der Waals surface area contributed by atoms with Crippen molar-refractivity contribution in [3.8, 4) is 0 Å². The van der Waals surface area contributed by atoms with Gasteiger partial charge in [-0.3, -0.25) is 38.8 Å². The minimum absolute atomic E-state index is 0.00683. The van der Waals surface area contributed by atoms with E-state index in [4.69, 9.17) is 5.11 Å². The van der Waals surface area contributed by atoms with Gasteiger partial charge in [-0.25, -0.2) is 4.39 Å². The number of nitrogens with one attached hydrogen (secondary N) is 1. The van der Waals surface area contributed by atoms with Crippen LogP contribution in [0, 0.1) is 0 Å². The molecule has 11 nitrogen and oxygen atoms in total. The van der Waals surface area contributed by atoms with E-state index in [0.29, 0.717) is 39.3 Å². The molecule has 0 radical (unpaired) electrons. The highest BCUT2D eigenvalue weighted by molar-refractivity contribution is 6.17. The maximum absolute atomic E-state index is 13.5. The molecule has 172 valence electrons. The predicted octanol–water partition coefficient (Wildman–Crippen LogP) is -2.08. The Morgan fingerprint density at radius 1 is 1.00 bits per heavy atom. The van der Waals surface area contributed by atoms with Crippen molar-refractivity contribution in [2.24, 2.45) is 0 Å². The lowest BCUT2D eigenvalue weighted by Crippen LogP contribution is -2.45. The minimum Gasteiger partial charge on any atom is -0.480 e. The molecule has 2 aliphatic rings. The summed E-state index contributed by atoms with van der Waals surface area (Å²) >= 11 is 0. The molecule has 0 aliphatic carbocycles. The first-order valence-electron chi connectivity index (χ1n) is 10.0. The topological polar surface area (TPSA) is 131 Å². The van der Waals surface area contributed by atoms with Gasteiger partial charge in [-0.2, -0.15) is 0 Å². The number of aldehydes is 1. The highest BCUT2D eigenvalue weighted by Crippen LogP contribution is 2.20. The van der Waals surface area contributed by atoms with Crippen molar-refractivity contribution in [3.63, 3.8) is 0 Å². The van der Waals surface area contributed by atoms with Crippen molar-refractivity contribution >= 4 is 30.0 Å². The number of amides is 3. The summed E-state index contributed by atoms with van der Waals surface area (Å²) in [5.41, 5.74) is -0.237. The fourth-order valence-electron chi connectivity index (χ4n) is 3.42. The number of hydrogen-bond acceptors (Lipinski definition) is 8. The molecule has 0 unspecified atom stereocenters. The van der Waals surface area contributed by atoms with Crippen molar-refractivity contribution in [2.75, 3.05) is 72.0 Å². The zero-order chi connectivity index (χ0) is 23.0. The van der Waals surface area contributed by atoms with Gasteiger partial charge in [-0.15, -0.1) is 0 Å². The van der Waals surface area contributed by atoms with Crippen LogP contribution in [-0.2, 0) is 24.0 Å². The van der Waals surface area contributed by atoms with Crippen molar-refractivity contribution in [1.29, 1.82) is 0 Å². The molecule has 0 aromatic heterocycles. The first kappa shape index (κ1) is 24.6. The van der Waals surface area contributed by atoms with E-state index in [1.807, 2.05) is 9.80 Å². The van der Waals surface area contributed by atoms with Crippen molar-refractivity contribution in [2.45, 2.75) is 6.92 Å². The molecule has 0 bridgehead atoms. The number of aliphatic carboxylic acids is 1. The van der Waals surface area contributed by atoms with E-state index in [1.54, 1.807) is 4.90 Å². The smallest absolute Gasteiger partial charge is 0.317 e. The third kappa shape index (κ3) is 7.19. The number of nitrogens with zero attached hydrogens (tertiary/aromatic N) is 4. The van der Waals surface area contributed by atoms with E-state index in [9.17, 15) is 28.4 Å². The molecular weight excluding hydrogens is 413 g/mol. The number of hydrogen-bond donors (Lipinski definition) is 2. The average Bonchev–Trinajstić information content (AvgIpc) is 2.95. The molecule has 0 spiro atoms. The van der Waals surface area contributed by atoms with Crippen LogP contribution in [0.15, 0.2) is 11.4 Å². The Labute approximate surface area is 179 Å². The highest BCUT2D eigenvalue weighted by atomic mass is 19.1. The van der Waals surface area contributed by atoms with Crippen LogP contribution in [-0.4, -0.2) is 127 Å². The monoisotopic (exact) mass is 441 g/mol. The third-order valence-electron chi connectivity index (χ3n) is 5.24. The number of rotatable bonds is 9. The van der Waals surface area contributed by atoms with Crippen LogP contribution in [0.4, 0.5) is 4.39 Å². The Balaban J connectivity index is 1.85. The van der Waals surface area contributed by atoms with Gasteiger partial charge in [0.05, 0.1) is 25.2 Å². The summed E-state index contributed by atoms with van der Waals surface area (Å²) in [7, 11) is 0. The fraction of sp³-hybridized carbons (Fsp3) is 0.632. The SMILES string of the molecule is CC1=C(F)C(=O)N(CCNC(=O)CN2CCN(CC=O)CCN(CC(=O)O)CC2)C1=O. The molecule has 2 rings (SSSR count). The van der Waals surface area contributed by atoms with Crippen LogP contribution >= 0.6 is 0 Å². The fourth-order valence-corrected chi connectivity index (χ4v) is 3.42. The molecule has 1 fully saturated rings. The van der Waals surface area contributed by atoms with E-state index in [1.165, 1.54) is 6.92 Å². The lowest BCUT2D eigenvalue weighted by molar-refractivity contribution is -0.139. The number of carboxylic acids is 1. The van der Waals surface area contributed by atoms with Gasteiger partial charge in [0.2, 0.25) is 5.91 Å². The molecule has 0 saturated carbocycles. The number of carbonyl (C=O) groups excluding carboxylic acids is 4. The molecule has 1 saturated heterocycles. The standard InChI is InChI=1S/C19H28FN5O6/c1-14-17(20)19(31)25(18(14)30)3-2-21-15(27)12-23-6-4-22(10-11-26)5-7-24(9-8-23)13-16(28)29/h11H,2-10,12-13H2,1H3,(H,21,27)(H,28,29). The first-order chi connectivity index (χ1) is 14.7. The third-order valence-corrected chi connectivity index (χ3v) is 5.24. The molecule has 2 heterocycles. The van der Waals surface area contributed by atoms with Crippen molar-refractivity contribution in [1.82, 2.24) is 24.9 Å². The second-order valence-electron chi connectivity index (χ2n) is 7.46. The van der Waals surface area contributed by atoms with E-state index >= 15 is 0 Å². The van der Waals surface area contributed by atoms with Crippen LogP contribution in [0.2, 0.25) is 0 Å². The van der Waals surface area contributed by atoms with Gasteiger partial charge in [0.1, 0.15) is 6.29 Å². The lowest BCUT2D eigenvalue weighted by Gasteiger charge is -2.24. The zero-order valence-electron chi connectivity index (χ0n) is 17.5. The molecule has 3 amide bonds. The molecule has 2 aliphatic heterocycles. The lowest BCUT2D eigenvalue weighted by atomic mass is 10.3. The normalized spacial score (nSPS) is 19.9. The zero-order valence-corrected chi connectivity index (χ0v) is 17.5. The van der Waals surface area contributed by atoms with Crippen LogP contribution in [0.5, 0.6) is 0 Å². The van der Waals surface area contributed by atoms with Crippen LogP contribution < -0.4 is 5.32 Å². The van der Waals surface area contributed by atoms with Gasteiger partial charge in [0.25, 0.3) is 11.8 Å². The quantitative estimate of drug-likeness (QED) is 0.306. The van der Waals surface area contributed by atoms with Crippen LogP contribution in [0.25, 0.3) is 0 Å². The number of halogens is 1. The summed E-state index contributed by atoms with van der Waals surface area (Å²) < 4.78 is 13.5. The van der Waals surface area contributed by atoms with Gasteiger partial charge >= 0.3 is 5.97 Å². The molecule has 2 N–H and O–H groups in total. The summed E-state index contributed by atoms with van der Waals surface area (Å²) in [6, 6.07) is 0. The molecular formula is C19H28FN5O6. The van der Waals surface area contributed by atoms with Gasteiger partial charge in [0.15, 0.2) is 5.83 Å². The van der Waals surface area contributed by atoms with Gasteiger partial charge in [-0.1, -0.05) is 0 Å². The summed E-state index contributed by atoms with van der Waals surface area (Å²) in [6.45, 7) is 4.26. The Kier molecular flexibility index (Phi) is 9.21. The average molecular weight is 441 g/mol. The van der Waals surface area contributed by atoms with Crippen LogP contribution in [0.1, 0.15) is 6.92 Å². The van der Waals surface area contributed by atoms with E-state index in [2.05, 4.69) is 5.32 Å². The maximum atomic E-state index is 13.5. The van der Waals surface area contributed by atoms with Crippen molar-refractivity contribution < 1.29 is 33.5 Å².